The van der Waals surface area contributed by atoms with E-state index >= 15 is 0 Å². The summed E-state index contributed by atoms with van der Waals surface area (Å²) in [5, 5.41) is 7.66. The van der Waals surface area contributed by atoms with Crippen LogP contribution in [0.5, 0.6) is 0 Å². The highest BCUT2D eigenvalue weighted by Gasteiger charge is 2.34. The molecule has 0 heterocycles. The van der Waals surface area contributed by atoms with Gasteiger partial charge in [-0.15, -0.1) is 0 Å². The van der Waals surface area contributed by atoms with Crippen molar-refractivity contribution in [2.45, 2.75) is 51.1 Å². The zero-order chi connectivity index (χ0) is 13.7. The third kappa shape index (κ3) is 4.06. The summed E-state index contributed by atoms with van der Waals surface area (Å²) in [6.45, 7) is 3.35. The van der Waals surface area contributed by atoms with Gasteiger partial charge in [0.2, 0.25) is 0 Å². The predicted octanol–water partition coefficient (Wildman–Crippen LogP) is 3.32. The van der Waals surface area contributed by atoms with Crippen molar-refractivity contribution >= 4 is 5.84 Å². The van der Waals surface area contributed by atoms with Crippen LogP contribution >= 0.6 is 0 Å². The Labute approximate surface area is 116 Å². The molecule has 1 fully saturated rings. The van der Waals surface area contributed by atoms with Crippen molar-refractivity contribution in [3.8, 4) is 0 Å². The molecule has 1 aliphatic rings. The topological polar surface area (TPSA) is 53.1 Å². The molecule has 3 N–H and O–H groups in total. The Hall–Kier alpha value is -1.35. The first kappa shape index (κ1) is 14.1. The lowest BCUT2D eigenvalue weighted by Gasteiger charge is -2.32. The van der Waals surface area contributed by atoms with E-state index in [0.717, 1.165) is 6.54 Å². The number of nitrogens with one attached hydrogen (secondary N) is 1. The first-order valence-corrected chi connectivity index (χ1v) is 7.36. The van der Waals surface area contributed by atoms with Gasteiger partial charge in [0.25, 0.3) is 0 Å². The average molecular weight is 259 g/mol. The lowest BCUT2D eigenvalue weighted by atomic mass is 10.0. The largest absolute Gasteiger partial charge is 0.388 e. The highest BCUT2D eigenvalue weighted by molar-refractivity contribution is 5.77. The van der Waals surface area contributed by atoms with Gasteiger partial charge in [0.15, 0.2) is 0 Å². The van der Waals surface area contributed by atoms with E-state index in [1.54, 1.807) is 0 Å². The SMILES string of the molecule is CCCCN(C1CC1)C(CC(=N)N)c1ccccc1. The summed E-state index contributed by atoms with van der Waals surface area (Å²) in [4.78, 5) is 2.57. The molecule has 1 aromatic rings. The summed E-state index contributed by atoms with van der Waals surface area (Å²) in [5.41, 5.74) is 6.97. The lowest BCUT2D eigenvalue weighted by Crippen LogP contribution is -2.34. The molecule has 0 spiro atoms. The molecule has 19 heavy (non-hydrogen) atoms. The van der Waals surface area contributed by atoms with Gasteiger partial charge in [0, 0.05) is 18.5 Å². The van der Waals surface area contributed by atoms with Crippen molar-refractivity contribution in [1.29, 1.82) is 5.41 Å². The molecule has 1 aliphatic carbocycles. The second-order valence-electron chi connectivity index (χ2n) is 5.48. The van der Waals surface area contributed by atoms with Crippen molar-refractivity contribution in [1.82, 2.24) is 4.90 Å². The summed E-state index contributed by atoms with van der Waals surface area (Å²) in [7, 11) is 0. The van der Waals surface area contributed by atoms with Crippen molar-refractivity contribution < 1.29 is 0 Å². The van der Waals surface area contributed by atoms with Gasteiger partial charge in [-0.2, -0.15) is 0 Å². The maximum absolute atomic E-state index is 7.66. The van der Waals surface area contributed by atoms with Gasteiger partial charge < -0.3 is 5.73 Å². The van der Waals surface area contributed by atoms with Gasteiger partial charge in [-0.3, -0.25) is 10.3 Å². The summed E-state index contributed by atoms with van der Waals surface area (Å²) in [6, 6.07) is 11.5. The first-order valence-electron chi connectivity index (χ1n) is 7.36. The minimum Gasteiger partial charge on any atom is -0.388 e. The Morgan fingerprint density at radius 1 is 1.37 bits per heavy atom. The van der Waals surface area contributed by atoms with E-state index in [9.17, 15) is 0 Å². The summed E-state index contributed by atoms with van der Waals surface area (Å²) in [6.07, 6.45) is 5.67. The first-order chi connectivity index (χ1) is 9.22. The van der Waals surface area contributed by atoms with Crippen LogP contribution in [0.25, 0.3) is 0 Å². The van der Waals surface area contributed by atoms with Crippen LogP contribution in [0.2, 0.25) is 0 Å². The molecular formula is C16H25N3. The van der Waals surface area contributed by atoms with Gasteiger partial charge in [-0.05, 0) is 31.4 Å². The van der Waals surface area contributed by atoms with Crippen LogP contribution in [0.15, 0.2) is 30.3 Å². The van der Waals surface area contributed by atoms with Crippen LogP contribution in [-0.4, -0.2) is 23.3 Å². The van der Waals surface area contributed by atoms with Gasteiger partial charge in [-0.25, -0.2) is 0 Å². The summed E-state index contributed by atoms with van der Waals surface area (Å²) in [5.74, 6) is 0.288. The summed E-state index contributed by atoms with van der Waals surface area (Å²) < 4.78 is 0. The quantitative estimate of drug-likeness (QED) is 0.556. The van der Waals surface area contributed by atoms with Crippen LogP contribution in [-0.2, 0) is 0 Å². The number of hydrogen-bond donors (Lipinski definition) is 2. The van der Waals surface area contributed by atoms with Crippen molar-refractivity contribution in [2.75, 3.05) is 6.54 Å². The Morgan fingerprint density at radius 2 is 2.05 bits per heavy atom. The van der Waals surface area contributed by atoms with E-state index < -0.39 is 0 Å². The molecule has 0 radical (unpaired) electrons. The normalized spacial score (nSPS) is 16.5. The number of rotatable bonds is 8. The zero-order valence-electron chi connectivity index (χ0n) is 11.8. The van der Waals surface area contributed by atoms with Crippen LogP contribution in [0.1, 0.15) is 50.6 Å². The standard InChI is InChI=1S/C16H25N3/c1-2-3-11-19(14-9-10-14)15(12-16(17)18)13-7-5-4-6-8-13/h4-8,14-15H,2-3,9-12H2,1H3,(H3,17,18). The monoisotopic (exact) mass is 259 g/mol. The van der Waals surface area contributed by atoms with Gasteiger partial charge in [0.1, 0.15) is 0 Å². The Morgan fingerprint density at radius 3 is 2.58 bits per heavy atom. The molecule has 3 heteroatoms. The van der Waals surface area contributed by atoms with E-state index in [2.05, 4.69) is 36.1 Å². The molecule has 2 rings (SSSR count). The van der Waals surface area contributed by atoms with Crippen molar-refractivity contribution in [2.24, 2.45) is 5.73 Å². The Bertz CT molecular complexity index is 398. The van der Waals surface area contributed by atoms with E-state index in [4.69, 9.17) is 11.1 Å². The zero-order valence-corrected chi connectivity index (χ0v) is 11.8. The second kappa shape index (κ2) is 6.71. The second-order valence-corrected chi connectivity index (χ2v) is 5.48. The molecule has 0 bridgehead atoms. The van der Waals surface area contributed by atoms with Gasteiger partial charge in [-0.1, -0.05) is 43.7 Å². The molecular weight excluding hydrogens is 234 g/mol. The van der Waals surface area contributed by atoms with Gasteiger partial charge in [0.05, 0.1) is 5.84 Å². The van der Waals surface area contributed by atoms with Gasteiger partial charge >= 0.3 is 0 Å². The number of hydrogen-bond acceptors (Lipinski definition) is 2. The third-order valence-corrected chi connectivity index (χ3v) is 3.78. The lowest BCUT2D eigenvalue weighted by molar-refractivity contribution is 0.187. The molecule has 1 atom stereocenters. The highest BCUT2D eigenvalue weighted by atomic mass is 15.2. The van der Waals surface area contributed by atoms with E-state index in [0.29, 0.717) is 12.5 Å². The average Bonchev–Trinajstić information content (AvgIpc) is 3.23. The molecule has 0 aromatic heterocycles. The maximum Gasteiger partial charge on any atom is 0.0924 e. The van der Waals surface area contributed by atoms with Crippen LogP contribution < -0.4 is 5.73 Å². The molecule has 3 nitrogen and oxygen atoms in total. The summed E-state index contributed by atoms with van der Waals surface area (Å²) >= 11 is 0. The fourth-order valence-corrected chi connectivity index (χ4v) is 2.65. The molecule has 1 saturated carbocycles. The number of unbranched alkanes of at least 4 members (excludes halogenated alkanes) is 1. The minimum atomic E-state index is 0.276. The number of benzene rings is 1. The van der Waals surface area contributed by atoms with Crippen molar-refractivity contribution in [3.63, 3.8) is 0 Å². The maximum atomic E-state index is 7.66. The van der Waals surface area contributed by atoms with Crippen LogP contribution in [0, 0.1) is 5.41 Å². The van der Waals surface area contributed by atoms with E-state index in [-0.39, 0.29) is 11.9 Å². The molecule has 0 aliphatic heterocycles. The van der Waals surface area contributed by atoms with E-state index in [1.165, 1.54) is 31.2 Å². The smallest absolute Gasteiger partial charge is 0.0924 e. The Balaban J connectivity index is 2.16. The van der Waals surface area contributed by atoms with Crippen molar-refractivity contribution in [3.05, 3.63) is 35.9 Å². The van der Waals surface area contributed by atoms with Crippen LogP contribution in [0.3, 0.4) is 0 Å². The minimum absolute atomic E-state index is 0.276. The van der Waals surface area contributed by atoms with E-state index in [1.807, 2.05) is 6.07 Å². The number of nitrogens with zero attached hydrogens (tertiary/aromatic N) is 1. The molecule has 0 amide bonds. The molecule has 1 unspecified atom stereocenters. The number of amidine groups is 1. The highest BCUT2D eigenvalue weighted by Crippen LogP contribution is 2.36. The Kier molecular flexibility index (Phi) is 4.97. The fraction of sp³-hybridized carbons (Fsp3) is 0.562. The van der Waals surface area contributed by atoms with Crippen LogP contribution in [0.4, 0.5) is 0 Å². The molecule has 104 valence electrons. The number of nitrogens with two attached hydrogens (primary N) is 1. The molecule has 1 aromatic carbocycles. The fourth-order valence-electron chi connectivity index (χ4n) is 2.65. The third-order valence-electron chi connectivity index (χ3n) is 3.78. The molecule has 0 saturated heterocycles. The predicted molar refractivity (Wildman–Crippen MR) is 80.4 cm³/mol.